The molecule has 4 nitrogen and oxygen atoms in total. The SMILES string of the molecule is CC1(C(C)(C)C(O)C(=O)O)CCOCC1. The Labute approximate surface area is 90.2 Å². The lowest BCUT2D eigenvalue weighted by molar-refractivity contribution is -0.165. The number of rotatable bonds is 3. The number of hydrogen-bond donors (Lipinski definition) is 2. The first-order chi connectivity index (χ1) is 6.81. The molecule has 4 heteroatoms. The number of ether oxygens (including phenoxy) is 1. The summed E-state index contributed by atoms with van der Waals surface area (Å²) in [6.07, 6.45) is 0.273. The van der Waals surface area contributed by atoms with Gasteiger partial charge in [0, 0.05) is 18.6 Å². The molecular formula is C11H20O4. The lowest BCUT2D eigenvalue weighted by Gasteiger charge is -2.48. The minimum absolute atomic E-state index is 0.178. The van der Waals surface area contributed by atoms with Gasteiger partial charge in [0.1, 0.15) is 0 Å². The maximum absolute atomic E-state index is 10.8. The molecule has 1 unspecified atom stereocenters. The molecule has 88 valence electrons. The highest BCUT2D eigenvalue weighted by molar-refractivity contribution is 5.73. The lowest BCUT2D eigenvalue weighted by atomic mass is 9.60. The quantitative estimate of drug-likeness (QED) is 0.745. The van der Waals surface area contributed by atoms with Crippen molar-refractivity contribution in [2.45, 2.75) is 39.7 Å². The maximum Gasteiger partial charge on any atom is 0.333 e. The van der Waals surface area contributed by atoms with Gasteiger partial charge in [-0.3, -0.25) is 0 Å². The molecule has 1 fully saturated rings. The molecule has 1 aliphatic heterocycles. The van der Waals surface area contributed by atoms with E-state index in [4.69, 9.17) is 9.84 Å². The number of carbonyl (C=O) groups is 1. The van der Waals surface area contributed by atoms with Crippen LogP contribution >= 0.6 is 0 Å². The minimum atomic E-state index is -1.32. The van der Waals surface area contributed by atoms with Crippen molar-refractivity contribution in [3.8, 4) is 0 Å². The second-order valence-electron chi connectivity index (χ2n) is 5.14. The molecule has 0 aromatic rings. The van der Waals surface area contributed by atoms with Gasteiger partial charge in [0.15, 0.2) is 6.10 Å². The largest absolute Gasteiger partial charge is 0.479 e. The average Bonchev–Trinajstić information content (AvgIpc) is 2.17. The van der Waals surface area contributed by atoms with Gasteiger partial charge in [-0.1, -0.05) is 20.8 Å². The summed E-state index contributed by atoms with van der Waals surface area (Å²) in [7, 11) is 0. The van der Waals surface area contributed by atoms with Crippen LogP contribution in [0.15, 0.2) is 0 Å². The van der Waals surface area contributed by atoms with E-state index in [2.05, 4.69) is 0 Å². The Bertz CT molecular complexity index is 241. The zero-order chi connectivity index (χ0) is 11.7. The molecule has 0 aromatic carbocycles. The van der Waals surface area contributed by atoms with Crippen LogP contribution in [0.5, 0.6) is 0 Å². The second kappa shape index (κ2) is 4.10. The monoisotopic (exact) mass is 216 g/mol. The van der Waals surface area contributed by atoms with Crippen molar-refractivity contribution in [2.24, 2.45) is 10.8 Å². The number of carboxylic acid groups (broad SMARTS) is 1. The Kier molecular flexibility index (Phi) is 3.41. The van der Waals surface area contributed by atoms with E-state index < -0.39 is 17.5 Å². The zero-order valence-corrected chi connectivity index (χ0v) is 9.62. The minimum Gasteiger partial charge on any atom is -0.479 e. The van der Waals surface area contributed by atoms with Gasteiger partial charge in [-0.05, 0) is 18.3 Å². The standard InChI is InChI=1S/C11H20O4/c1-10(2,8(12)9(13)14)11(3)4-6-15-7-5-11/h8,12H,4-7H2,1-3H3,(H,13,14). The Hall–Kier alpha value is -0.610. The van der Waals surface area contributed by atoms with Crippen LogP contribution in [0.3, 0.4) is 0 Å². The van der Waals surface area contributed by atoms with Gasteiger partial charge >= 0.3 is 5.97 Å². The summed E-state index contributed by atoms with van der Waals surface area (Å²) >= 11 is 0. The summed E-state index contributed by atoms with van der Waals surface area (Å²) in [6, 6.07) is 0. The Morgan fingerprint density at radius 2 is 1.87 bits per heavy atom. The number of hydrogen-bond acceptors (Lipinski definition) is 3. The molecule has 2 N–H and O–H groups in total. The Balaban J connectivity index is 2.86. The lowest BCUT2D eigenvalue weighted by Crippen LogP contribution is -2.50. The number of aliphatic hydroxyl groups is 1. The summed E-state index contributed by atoms with van der Waals surface area (Å²) in [4.78, 5) is 10.8. The summed E-state index contributed by atoms with van der Waals surface area (Å²) in [5.41, 5.74) is -0.814. The van der Waals surface area contributed by atoms with Crippen molar-refractivity contribution < 1.29 is 19.7 Å². The van der Waals surface area contributed by atoms with Crippen LogP contribution in [0.25, 0.3) is 0 Å². The predicted molar refractivity (Wildman–Crippen MR) is 55.6 cm³/mol. The maximum atomic E-state index is 10.8. The van der Waals surface area contributed by atoms with Crippen LogP contribution in [0.2, 0.25) is 0 Å². The topological polar surface area (TPSA) is 66.8 Å². The van der Waals surface area contributed by atoms with Gasteiger partial charge in [-0.2, -0.15) is 0 Å². The molecule has 0 spiro atoms. The summed E-state index contributed by atoms with van der Waals surface area (Å²) < 4.78 is 5.27. The molecule has 1 saturated heterocycles. The molecule has 0 aliphatic carbocycles. The zero-order valence-electron chi connectivity index (χ0n) is 9.62. The number of aliphatic hydroxyl groups excluding tert-OH is 1. The van der Waals surface area contributed by atoms with Crippen molar-refractivity contribution in [1.82, 2.24) is 0 Å². The fourth-order valence-electron chi connectivity index (χ4n) is 2.11. The van der Waals surface area contributed by atoms with Crippen LogP contribution in [0, 0.1) is 10.8 Å². The third-order valence-electron chi connectivity index (χ3n) is 4.07. The molecule has 0 radical (unpaired) electrons. The molecule has 1 aliphatic rings. The first kappa shape index (κ1) is 12.5. The third kappa shape index (κ3) is 2.16. The predicted octanol–water partition coefficient (Wildman–Crippen LogP) is 1.27. The molecule has 0 aromatic heterocycles. The van der Waals surface area contributed by atoms with E-state index >= 15 is 0 Å². The highest BCUT2D eigenvalue weighted by Crippen LogP contribution is 2.48. The van der Waals surface area contributed by atoms with Gasteiger partial charge in [-0.25, -0.2) is 4.79 Å². The van der Waals surface area contributed by atoms with Crippen molar-refractivity contribution in [1.29, 1.82) is 0 Å². The van der Waals surface area contributed by atoms with Gasteiger partial charge in [-0.15, -0.1) is 0 Å². The molecule has 0 saturated carbocycles. The van der Waals surface area contributed by atoms with E-state index in [0.29, 0.717) is 13.2 Å². The van der Waals surface area contributed by atoms with Gasteiger partial charge in [0.2, 0.25) is 0 Å². The number of carboxylic acids is 1. The van der Waals surface area contributed by atoms with Crippen molar-refractivity contribution in [3.05, 3.63) is 0 Å². The van der Waals surface area contributed by atoms with Crippen LogP contribution < -0.4 is 0 Å². The molecule has 15 heavy (non-hydrogen) atoms. The fraction of sp³-hybridized carbons (Fsp3) is 0.909. The number of aliphatic carboxylic acids is 1. The van der Waals surface area contributed by atoms with Crippen molar-refractivity contribution in [2.75, 3.05) is 13.2 Å². The van der Waals surface area contributed by atoms with Crippen molar-refractivity contribution in [3.63, 3.8) is 0 Å². The first-order valence-corrected chi connectivity index (χ1v) is 5.30. The smallest absolute Gasteiger partial charge is 0.333 e. The molecule has 0 amide bonds. The molecular weight excluding hydrogens is 196 g/mol. The van der Waals surface area contributed by atoms with Gasteiger partial charge in [0.25, 0.3) is 0 Å². The van der Waals surface area contributed by atoms with E-state index in [9.17, 15) is 9.90 Å². The fourth-order valence-corrected chi connectivity index (χ4v) is 2.11. The van der Waals surface area contributed by atoms with Crippen LogP contribution in [0.1, 0.15) is 33.6 Å². The summed E-state index contributed by atoms with van der Waals surface area (Å²) in [5, 5.41) is 18.6. The second-order valence-corrected chi connectivity index (χ2v) is 5.14. The third-order valence-corrected chi connectivity index (χ3v) is 4.07. The summed E-state index contributed by atoms with van der Waals surface area (Å²) in [6.45, 7) is 6.95. The molecule has 1 rings (SSSR count). The van der Waals surface area contributed by atoms with Gasteiger partial charge in [0.05, 0.1) is 0 Å². The molecule has 0 bridgehead atoms. The molecule has 1 heterocycles. The Morgan fingerprint density at radius 1 is 1.40 bits per heavy atom. The van der Waals surface area contributed by atoms with Crippen LogP contribution in [0.4, 0.5) is 0 Å². The van der Waals surface area contributed by atoms with E-state index in [1.54, 1.807) is 0 Å². The summed E-state index contributed by atoms with van der Waals surface area (Å²) in [5.74, 6) is -1.15. The highest BCUT2D eigenvalue weighted by atomic mass is 16.5. The van der Waals surface area contributed by atoms with E-state index in [1.165, 1.54) is 0 Å². The van der Waals surface area contributed by atoms with Crippen LogP contribution in [-0.2, 0) is 9.53 Å². The molecule has 1 atom stereocenters. The highest BCUT2D eigenvalue weighted by Gasteiger charge is 2.48. The first-order valence-electron chi connectivity index (χ1n) is 5.30. The van der Waals surface area contributed by atoms with Gasteiger partial charge < -0.3 is 14.9 Å². The van der Waals surface area contributed by atoms with Crippen molar-refractivity contribution >= 4 is 5.97 Å². The Morgan fingerprint density at radius 3 is 2.27 bits per heavy atom. The van der Waals surface area contributed by atoms with E-state index in [0.717, 1.165) is 12.8 Å². The van der Waals surface area contributed by atoms with E-state index in [-0.39, 0.29) is 5.41 Å². The normalized spacial score (nSPS) is 23.5. The van der Waals surface area contributed by atoms with Crippen LogP contribution in [-0.4, -0.2) is 35.5 Å². The average molecular weight is 216 g/mol. The van der Waals surface area contributed by atoms with E-state index in [1.807, 2.05) is 20.8 Å².